The molecule has 0 spiro atoms. The summed E-state index contributed by atoms with van der Waals surface area (Å²) in [6, 6.07) is 9.27. The molecule has 26 heavy (non-hydrogen) atoms. The SMILES string of the molecule is COC(=O)c1ccc(OC)c(/N=N\c2cc(C(=O)OC)ccc2OC)c1. The summed E-state index contributed by atoms with van der Waals surface area (Å²) in [5.41, 5.74) is 1.25. The fraction of sp³-hybridized carbons (Fsp3) is 0.222. The zero-order chi connectivity index (χ0) is 19.1. The van der Waals surface area contributed by atoms with E-state index in [4.69, 9.17) is 18.9 Å². The molecule has 2 aromatic rings. The number of methoxy groups -OCH3 is 4. The molecule has 0 radical (unpaired) electrons. The van der Waals surface area contributed by atoms with E-state index in [0.29, 0.717) is 34.0 Å². The Kier molecular flexibility index (Phi) is 6.26. The molecule has 0 aliphatic rings. The molecule has 2 rings (SSSR count). The van der Waals surface area contributed by atoms with Gasteiger partial charge in [0, 0.05) is 0 Å². The van der Waals surface area contributed by atoms with Crippen LogP contribution >= 0.6 is 0 Å². The Bertz CT molecular complexity index is 778. The molecular formula is C18H18N2O6. The zero-order valence-electron chi connectivity index (χ0n) is 14.8. The molecule has 0 heterocycles. The molecule has 0 aliphatic heterocycles. The highest BCUT2D eigenvalue weighted by molar-refractivity contribution is 5.91. The van der Waals surface area contributed by atoms with Crippen molar-refractivity contribution in [1.82, 2.24) is 0 Å². The number of carbonyl (C=O) groups is 2. The summed E-state index contributed by atoms with van der Waals surface area (Å²) in [6.07, 6.45) is 0. The summed E-state index contributed by atoms with van der Waals surface area (Å²) in [5.74, 6) is -0.169. The minimum absolute atomic E-state index is 0.303. The third-order valence-electron chi connectivity index (χ3n) is 3.47. The van der Waals surface area contributed by atoms with Crippen LogP contribution in [-0.4, -0.2) is 40.4 Å². The Morgan fingerprint density at radius 2 is 1.08 bits per heavy atom. The Hall–Kier alpha value is -3.42. The zero-order valence-corrected chi connectivity index (χ0v) is 14.8. The summed E-state index contributed by atoms with van der Waals surface area (Å²) in [4.78, 5) is 23.4. The van der Waals surface area contributed by atoms with Crippen LogP contribution in [0.15, 0.2) is 46.6 Å². The number of esters is 2. The van der Waals surface area contributed by atoms with Gasteiger partial charge in [0.15, 0.2) is 0 Å². The molecule has 0 aromatic heterocycles. The van der Waals surface area contributed by atoms with Gasteiger partial charge in [-0.2, -0.15) is 0 Å². The van der Waals surface area contributed by atoms with Crippen molar-refractivity contribution >= 4 is 23.3 Å². The monoisotopic (exact) mass is 358 g/mol. The molecule has 2 aromatic carbocycles. The number of rotatable bonds is 6. The molecule has 0 unspecified atom stereocenters. The van der Waals surface area contributed by atoms with Gasteiger partial charge in [-0.05, 0) is 36.4 Å². The largest absolute Gasteiger partial charge is 0.494 e. The number of benzene rings is 2. The highest BCUT2D eigenvalue weighted by atomic mass is 16.5. The number of carbonyl (C=O) groups excluding carboxylic acids is 2. The van der Waals surface area contributed by atoms with Gasteiger partial charge in [0.25, 0.3) is 0 Å². The molecule has 0 saturated heterocycles. The molecular weight excluding hydrogens is 340 g/mol. The molecule has 0 N–H and O–H groups in total. The first kappa shape index (κ1) is 18.9. The summed E-state index contributed by atoms with van der Waals surface area (Å²) in [7, 11) is 5.53. The molecule has 0 aliphatic carbocycles. The standard InChI is InChI=1S/C18H18N2O6/c1-23-15-7-5-11(17(21)25-3)9-13(15)19-20-14-10-12(18(22)26-4)6-8-16(14)24-2/h5-10H,1-4H3/b20-19-. The first-order chi connectivity index (χ1) is 12.5. The van der Waals surface area contributed by atoms with Crippen LogP contribution in [0.4, 0.5) is 11.4 Å². The molecule has 0 bridgehead atoms. The van der Waals surface area contributed by atoms with E-state index < -0.39 is 11.9 Å². The van der Waals surface area contributed by atoms with E-state index in [9.17, 15) is 9.59 Å². The third-order valence-corrected chi connectivity index (χ3v) is 3.47. The second kappa shape index (κ2) is 8.61. The van der Waals surface area contributed by atoms with Crippen LogP contribution < -0.4 is 9.47 Å². The van der Waals surface area contributed by atoms with E-state index in [1.807, 2.05) is 0 Å². The Morgan fingerprint density at radius 3 is 1.38 bits per heavy atom. The van der Waals surface area contributed by atoms with Crippen LogP contribution in [0.2, 0.25) is 0 Å². The van der Waals surface area contributed by atoms with E-state index >= 15 is 0 Å². The van der Waals surface area contributed by atoms with Crippen LogP contribution in [0.5, 0.6) is 11.5 Å². The normalized spacial score (nSPS) is 10.5. The molecule has 0 fully saturated rings. The lowest BCUT2D eigenvalue weighted by molar-refractivity contribution is 0.0592. The predicted molar refractivity (Wildman–Crippen MR) is 92.8 cm³/mol. The van der Waals surface area contributed by atoms with E-state index in [1.165, 1.54) is 40.6 Å². The maximum atomic E-state index is 11.7. The quantitative estimate of drug-likeness (QED) is 0.577. The maximum absolute atomic E-state index is 11.7. The number of nitrogens with zero attached hydrogens (tertiary/aromatic N) is 2. The average Bonchev–Trinajstić information content (AvgIpc) is 2.70. The van der Waals surface area contributed by atoms with Crippen LogP contribution in [0, 0.1) is 0 Å². The Balaban J connectivity index is 2.45. The number of hydrogen-bond donors (Lipinski definition) is 0. The topological polar surface area (TPSA) is 95.8 Å². The molecule has 0 amide bonds. The lowest BCUT2D eigenvalue weighted by atomic mass is 10.2. The van der Waals surface area contributed by atoms with Gasteiger partial charge < -0.3 is 18.9 Å². The number of ether oxygens (including phenoxy) is 4. The average molecular weight is 358 g/mol. The second-order valence-corrected chi connectivity index (χ2v) is 4.96. The molecule has 8 heteroatoms. The van der Waals surface area contributed by atoms with Crippen molar-refractivity contribution in [3.05, 3.63) is 47.5 Å². The number of azo groups is 1. The van der Waals surface area contributed by atoms with Crippen molar-refractivity contribution in [2.24, 2.45) is 10.2 Å². The highest BCUT2D eigenvalue weighted by Crippen LogP contribution is 2.34. The van der Waals surface area contributed by atoms with E-state index in [1.54, 1.807) is 24.3 Å². The van der Waals surface area contributed by atoms with Crippen LogP contribution in [-0.2, 0) is 9.47 Å². The Labute approximate surface area is 150 Å². The third kappa shape index (κ3) is 4.15. The van der Waals surface area contributed by atoms with Crippen LogP contribution in [0.25, 0.3) is 0 Å². The summed E-state index contributed by atoms with van der Waals surface area (Å²) in [6.45, 7) is 0. The molecule has 8 nitrogen and oxygen atoms in total. The first-order valence-electron chi connectivity index (χ1n) is 7.48. The molecule has 0 saturated carbocycles. The lowest BCUT2D eigenvalue weighted by Gasteiger charge is -2.07. The minimum Gasteiger partial charge on any atom is -0.494 e. The van der Waals surface area contributed by atoms with Gasteiger partial charge in [0.05, 0.1) is 39.6 Å². The molecule has 0 atom stereocenters. The van der Waals surface area contributed by atoms with Gasteiger partial charge in [-0.1, -0.05) is 0 Å². The fourth-order valence-corrected chi connectivity index (χ4v) is 2.13. The summed E-state index contributed by atoms with van der Waals surface area (Å²) in [5, 5.41) is 8.24. The van der Waals surface area contributed by atoms with Gasteiger partial charge in [-0.25, -0.2) is 9.59 Å². The van der Waals surface area contributed by atoms with Crippen molar-refractivity contribution in [1.29, 1.82) is 0 Å². The van der Waals surface area contributed by atoms with Gasteiger partial charge >= 0.3 is 11.9 Å². The fourth-order valence-electron chi connectivity index (χ4n) is 2.13. The summed E-state index contributed by atoms with van der Waals surface area (Å²) < 4.78 is 19.8. The van der Waals surface area contributed by atoms with Crippen molar-refractivity contribution < 1.29 is 28.5 Å². The second-order valence-electron chi connectivity index (χ2n) is 4.96. The van der Waals surface area contributed by atoms with Crippen molar-refractivity contribution in [3.8, 4) is 11.5 Å². The van der Waals surface area contributed by atoms with Gasteiger partial charge in [0.1, 0.15) is 22.9 Å². The van der Waals surface area contributed by atoms with Crippen molar-refractivity contribution in [2.45, 2.75) is 0 Å². The van der Waals surface area contributed by atoms with Crippen LogP contribution in [0.3, 0.4) is 0 Å². The van der Waals surface area contributed by atoms with Gasteiger partial charge in [-0.3, -0.25) is 0 Å². The highest BCUT2D eigenvalue weighted by Gasteiger charge is 2.12. The minimum atomic E-state index is -0.505. The van der Waals surface area contributed by atoms with Crippen molar-refractivity contribution in [3.63, 3.8) is 0 Å². The Morgan fingerprint density at radius 1 is 0.692 bits per heavy atom. The van der Waals surface area contributed by atoms with Gasteiger partial charge in [-0.15, -0.1) is 10.2 Å². The number of hydrogen-bond acceptors (Lipinski definition) is 8. The predicted octanol–water partition coefficient (Wildman–Crippen LogP) is 3.69. The molecule has 136 valence electrons. The lowest BCUT2D eigenvalue weighted by Crippen LogP contribution is -2.01. The van der Waals surface area contributed by atoms with Crippen LogP contribution in [0.1, 0.15) is 20.7 Å². The van der Waals surface area contributed by atoms with Gasteiger partial charge in [0.2, 0.25) is 0 Å². The maximum Gasteiger partial charge on any atom is 0.337 e. The smallest absolute Gasteiger partial charge is 0.337 e. The van der Waals surface area contributed by atoms with E-state index in [2.05, 4.69) is 10.2 Å². The van der Waals surface area contributed by atoms with E-state index in [0.717, 1.165) is 0 Å². The summed E-state index contributed by atoms with van der Waals surface area (Å²) >= 11 is 0. The van der Waals surface area contributed by atoms with E-state index in [-0.39, 0.29) is 0 Å². The first-order valence-corrected chi connectivity index (χ1v) is 7.48. The van der Waals surface area contributed by atoms with Crippen molar-refractivity contribution in [2.75, 3.05) is 28.4 Å².